The summed E-state index contributed by atoms with van der Waals surface area (Å²) in [6.07, 6.45) is 0.867. The first-order valence-corrected chi connectivity index (χ1v) is 10.1. The van der Waals surface area contributed by atoms with Crippen LogP contribution < -0.4 is 5.32 Å². The highest BCUT2D eigenvalue weighted by molar-refractivity contribution is 7.99. The third-order valence-electron chi connectivity index (χ3n) is 4.11. The Labute approximate surface area is 168 Å². The molecule has 0 spiro atoms. The molecule has 0 aliphatic carbocycles. The smallest absolute Gasteiger partial charge is 0.230 e. The molecule has 0 radical (unpaired) electrons. The number of benzene rings is 2. The number of hydrogen-bond acceptors (Lipinski definition) is 6. The Morgan fingerprint density at radius 3 is 2.54 bits per heavy atom. The Kier molecular flexibility index (Phi) is 6.65. The highest BCUT2D eigenvalue weighted by atomic mass is 32.2. The predicted molar refractivity (Wildman–Crippen MR) is 108 cm³/mol. The van der Waals surface area contributed by atoms with Crippen molar-refractivity contribution in [1.29, 1.82) is 0 Å². The van der Waals surface area contributed by atoms with E-state index in [1.54, 1.807) is 28.9 Å². The van der Waals surface area contributed by atoms with Crippen molar-refractivity contribution < 1.29 is 9.90 Å². The second-order valence-electron chi connectivity index (χ2n) is 6.84. The predicted octanol–water partition coefficient (Wildman–Crippen LogP) is 3.36. The maximum atomic E-state index is 12.6. The van der Waals surface area contributed by atoms with Gasteiger partial charge in [-0.2, -0.15) is 4.68 Å². The topological polar surface area (TPSA) is 92.9 Å². The largest absolute Gasteiger partial charge is 0.508 e. The number of aromatic hydroxyl groups is 1. The maximum absolute atomic E-state index is 12.6. The van der Waals surface area contributed by atoms with Crippen LogP contribution in [0.4, 0.5) is 0 Å². The lowest BCUT2D eigenvalue weighted by Crippen LogP contribution is -2.31. The molecule has 0 aliphatic rings. The fourth-order valence-electron chi connectivity index (χ4n) is 2.83. The molecule has 0 fully saturated rings. The van der Waals surface area contributed by atoms with Gasteiger partial charge in [0.05, 0.1) is 17.5 Å². The van der Waals surface area contributed by atoms with Crippen LogP contribution in [0.3, 0.4) is 0 Å². The van der Waals surface area contributed by atoms with Crippen molar-refractivity contribution in [3.8, 4) is 11.4 Å². The molecule has 0 saturated heterocycles. The summed E-state index contributed by atoms with van der Waals surface area (Å²) in [6.45, 7) is 4.28. The molecular weight excluding hydrogens is 374 g/mol. The molecule has 28 heavy (non-hydrogen) atoms. The summed E-state index contributed by atoms with van der Waals surface area (Å²) in [5.41, 5.74) is 1.82. The summed E-state index contributed by atoms with van der Waals surface area (Å²) >= 11 is 1.27. The lowest BCUT2D eigenvalue weighted by molar-refractivity contribution is -0.119. The molecule has 0 saturated carbocycles. The molecule has 8 heteroatoms. The number of hydrogen-bond donors (Lipinski definition) is 2. The molecule has 3 rings (SSSR count). The molecule has 2 N–H and O–H groups in total. The first-order chi connectivity index (χ1) is 13.5. The number of tetrazole rings is 1. The third-order valence-corrected chi connectivity index (χ3v) is 5.03. The Balaban J connectivity index is 1.64. The summed E-state index contributed by atoms with van der Waals surface area (Å²) in [5, 5.41) is 24.7. The number of phenolic OH excluding ortho intramolecular Hbond substituents is 1. The van der Waals surface area contributed by atoms with E-state index < -0.39 is 0 Å². The van der Waals surface area contributed by atoms with Crippen molar-refractivity contribution in [2.24, 2.45) is 5.92 Å². The van der Waals surface area contributed by atoms with Gasteiger partial charge in [0.25, 0.3) is 0 Å². The van der Waals surface area contributed by atoms with E-state index in [0.29, 0.717) is 16.8 Å². The van der Waals surface area contributed by atoms with Gasteiger partial charge in [0.15, 0.2) is 0 Å². The van der Waals surface area contributed by atoms with Crippen LogP contribution in [0.2, 0.25) is 0 Å². The molecule has 1 heterocycles. The highest BCUT2D eigenvalue weighted by Gasteiger charge is 2.17. The molecule has 7 nitrogen and oxygen atoms in total. The van der Waals surface area contributed by atoms with Gasteiger partial charge in [-0.05, 0) is 52.6 Å². The average Bonchev–Trinajstić information content (AvgIpc) is 3.15. The molecule has 1 atom stereocenters. The summed E-state index contributed by atoms with van der Waals surface area (Å²) in [7, 11) is 0. The van der Waals surface area contributed by atoms with Crippen molar-refractivity contribution in [3.05, 3.63) is 60.2 Å². The number of carbonyl (C=O) groups excluding carboxylic acids is 1. The standard InChI is InChI=1S/C20H23N5O2S/c1-14(2)12-18(15-6-4-3-5-7-15)21-19(27)13-28-20-22-23-24-25(20)16-8-10-17(26)11-9-16/h3-11,14,18,26H,12-13H2,1-2H3,(H,21,27). The van der Waals surface area contributed by atoms with Gasteiger partial charge < -0.3 is 10.4 Å². The number of rotatable bonds is 8. The van der Waals surface area contributed by atoms with Crippen molar-refractivity contribution in [1.82, 2.24) is 25.5 Å². The van der Waals surface area contributed by atoms with E-state index in [9.17, 15) is 9.90 Å². The zero-order valence-corrected chi connectivity index (χ0v) is 16.6. The first kappa shape index (κ1) is 19.9. The fraction of sp³-hybridized carbons (Fsp3) is 0.300. The number of amides is 1. The Morgan fingerprint density at radius 2 is 1.86 bits per heavy atom. The van der Waals surface area contributed by atoms with E-state index in [2.05, 4.69) is 34.7 Å². The van der Waals surface area contributed by atoms with Crippen LogP contribution in [0, 0.1) is 5.92 Å². The van der Waals surface area contributed by atoms with Crippen molar-refractivity contribution in [3.63, 3.8) is 0 Å². The second kappa shape index (κ2) is 9.36. The molecule has 3 aromatic rings. The first-order valence-electron chi connectivity index (χ1n) is 9.08. The third kappa shape index (κ3) is 5.32. The lowest BCUT2D eigenvalue weighted by Gasteiger charge is -2.21. The van der Waals surface area contributed by atoms with E-state index >= 15 is 0 Å². The zero-order chi connectivity index (χ0) is 19.9. The van der Waals surface area contributed by atoms with Gasteiger partial charge in [-0.1, -0.05) is 55.9 Å². The number of thioether (sulfide) groups is 1. The molecule has 0 bridgehead atoms. The van der Waals surface area contributed by atoms with Crippen LogP contribution in [0.25, 0.3) is 5.69 Å². The molecule has 146 valence electrons. The maximum Gasteiger partial charge on any atom is 0.230 e. The Hall–Kier alpha value is -2.87. The zero-order valence-electron chi connectivity index (χ0n) is 15.8. The van der Waals surface area contributed by atoms with Gasteiger partial charge in [-0.3, -0.25) is 4.79 Å². The Bertz CT molecular complexity index is 896. The van der Waals surface area contributed by atoms with Gasteiger partial charge >= 0.3 is 0 Å². The van der Waals surface area contributed by atoms with E-state index in [0.717, 1.165) is 12.0 Å². The quantitative estimate of drug-likeness (QED) is 0.566. The highest BCUT2D eigenvalue weighted by Crippen LogP contribution is 2.23. The van der Waals surface area contributed by atoms with Crippen molar-refractivity contribution in [2.75, 3.05) is 5.75 Å². The summed E-state index contributed by atoms with van der Waals surface area (Å²) < 4.78 is 1.54. The number of aromatic nitrogens is 4. The number of phenols is 1. The van der Waals surface area contributed by atoms with Crippen LogP contribution in [0.15, 0.2) is 59.8 Å². The number of nitrogens with one attached hydrogen (secondary N) is 1. The van der Waals surface area contributed by atoms with E-state index in [4.69, 9.17) is 0 Å². The van der Waals surface area contributed by atoms with Crippen LogP contribution in [-0.2, 0) is 4.79 Å². The second-order valence-corrected chi connectivity index (χ2v) is 7.78. The molecule has 1 aromatic heterocycles. The number of nitrogens with zero attached hydrogens (tertiary/aromatic N) is 4. The molecule has 0 aliphatic heterocycles. The monoisotopic (exact) mass is 397 g/mol. The van der Waals surface area contributed by atoms with Gasteiger partial charge in [0, 0.05) is 0 Å². The van der Waals surface area contributed by atoms with Crippen molar-refractivity contribution >= 4 is 17.7 Å². The van der Waals surface area contributed by atoms with Gasteiger partial charge in [-0.15, -0.1) is 5.10 Å². The summed E-state index contributed by atoms with van der Waals surface area (Å²) in [5.74, 6) is 0.766. The van der Waals surface area contributed by atoms with E-state index in [1.807, 2.05) is 30.3 Å². The van der Waals surface area contributed by atoms with Gasteiger partial charge in [0.2, 0.25) is 11.1 Å². The van der Waals surface area contributed by atoms with Gasteiger partial charge in [0.1, 0.15) is 5.75 Å². The minimum Gasteiger partial charge on any atom is -0.508 e. The van der Waals surface area contributed by atoms with E-state index in [1.165, 1.54) is 11.8 Å². The van der Waals surface area contributed by atoms with Crippen LogP contribution >= 0.6 is 11.8 Å². The van der Waals surface area contributed by atoms with Crippen molar-refractivity contribution in [2.45, 2.75) is 31.5 Å². The summed E-state index contributed by atoms with van der Waals surface area (Å²) in [6, 6.07) is 16.5. The van der Waals surface area contributed by atoms with Gasteiger partial charge in [-0.25, -0.2) is 0 Å². The average molecular weight is 398 g/mol. The minimum absolute atomic E-state index is 0.0256. The van der Waals surface area contributed by atoms with E-state index in [-0.39, 0.29) is 23.5 Å². The minimum atomic E-state index is -0.0697. The fourth-order valence-corrected chi connectivity index (χ4v) is 3.53. The molecule has 1 amide bonds. The number of carbonyl (C=O) groups is 1. The summed E-state index contributed by atoms with van der Waals surface area (Å²) in [4.78, 5) is 12.6. The van der Waals surface area contributed by atoms with Crippen LogP contribution in [-0.4, -0.2) is 37.0 Å². The normalized spacial score (nSPS) is 12.1. The molecular formula is C20H23N5O2S. The van der Waals surface area contributed by atoms with Crippen LogP contribution in [0.5, 0.6) is 5.75 Å². The Morgan fingerprint density at radius 1 is 1.14 bits per heavy atom. The molecule has 2 aromatic carbocycles. The SMILES string of the molecule is CC(C)CC(NC(=O)CSc1nnnn1-c1ccc(O)cc1)c1ccccc1. The molecule has 1 unspecified atom stereocenters. The lowest BCUT2D eigenvalue weighted by atomic mass is 9.97. The van der Waals surface area contributed by atoms with Crippen LogP contribution in [0.1, 0.15) is 31.9 Å².